The Morgan fingerprint density at radius 3 is 2.09 bits per heavy atom. The van der Waals surface area contributed by atoms with E-state index in [0.29, 0.717) is 24.4 Å². The first-order chi connectivity index (χ1) is 16.4. The first kappa shape index (κ1) is 22.3. The second kappa shape index (κ2) is 8.49. The number of hydrogen-bond acceptors (Lipinski definition) is 3. The summed E-state index contributed by atoms with van der Waals surface area (Å²) in [6.45, 7) is 0.912. The van der Waals surface area contributed by atoms with Gasteiger partial charge in [0.15, 0.2) is 0 Å². The van der Waals surface area contributed by atoms with Gasteiger partial charge in [-0.3, -0.25) is 4.79 Å². The van der Waals surface area contributed by atoms with E-state index in [2.05, 4.69) is 5.32 Å². The van der Waals surface area contributed by atoms with Crippen LogP contribution < -0.4 is 5.32 Å². The second-order valence-corrected chi connectivity index (χ2v) is 13.3. The molecule has 7 rings (SSSR count). The number of rotatable bonds is 6. The van der Waals surface area contributed by atoms with E-state index in [9.17, 15) is 13.2 Å². The number of amides is 1. The van der Waals surface area contributed by atoms with Gasteiger partial charge in [0.1, 0.15) is 0 Å². The molecular weight excluding hydrogens is 444 g/mol. The first-order valence-electron chi connectivity index (χ1n) is 12.9. The maximum absolute atomic E-state index is 13.2. The summed E-state index contributed by atoms with van der Waals surface area (Å²) in [5, 5.41) is 3.45. The molecule has 5 aliphatic rings. The standard InChI is InChI=1S/C28H34N2O3S/c31-27(29-28-16-21-12-22(17-28)14-23(13-21)18-28)15-20-10-11-30(19-20)34(32,33)26-8-6-25(7-9-26)24-4-2-1-3-5-24/h1-9,20-23H,10-19H2,(H,29,31). The van der Waals surface area contributed by atoms with Gasteiger partial charge in [0.05, 0.1) is 4.90 Å². The molecule has 4 aliphatic carbocycles. The van der Waals surface area contributed by atoms with Crippen LogP contribution in [-0.2, 0) is 14.8 Å². The third-order valence-corrected chi connectivity index (χ3v) is 10.6. The van der Waals surface area contributed by atoms with E-state index in [1.165, 1.54) is 19.3 Å². The number of hydrogen-bond donors (Lipinski definition) is 1. The lowest BCUT2D eigenvalue weighted by Crippen LogP contribution is -2.60. The minimum atomic E-state index is -3.55. The van der Waals surface area contributed by atoms with Crippen LogP contribution in [0.15, 0.2) is 59.5 Å². The molecule has 1 N–H and O–H groups in total. The molecule has 1 saturated heterocycles. The van der Waals surface area contributed by atoms with Crippen LogP contribution in [0.5, 0.6) is 0 Å². The minimum Gasteiger partial charge on any atom is -0.351 e. The van der Waals surface area contributed by atoms with Crippen LogP contribution in [0.1, 0.15) is 51.4 Å². The van der Waals surface area contributed by atoms with Crippen LogP contribution in [0.3, 0.4) is 0 Å². The molecule has 5 nitrogen and oxygen atoms in total. The molecule has 2 aromatic rings. The van der Waals surface area contributed by atoms with Gasteiger partial charge < -0.3 is 5.32 Å². The van der Waals surface area contributed by atoms with Gasteiger partial charge in [-0.05, 0) is 91.9 Å². The molecule has 34 heavy (non-hydrogen) atoms. The van der Waals surface area contributed by atoms with Crippen LogP contribution in [0, 0.1) is 23.7 Å². The summed E-state index contributed by atoms with van der Waals surface area (Å²) in [6.07, 6.45) is 8.69. The molecule has 6 heteroatoms. The largest absolute Gasteiger partial charge is 0.351 e. The Balaban J connectivity index is 1.07. The van der Waals surface area contributed by atoms with Crippen molar-refractivity contribution in [1.29, 1.82) is 0 Å². The summed E-state index contributed by atoms with van der Waals surface area (Å²) in [7, 11) is -3.55. The summed E-state index contributed by atoms with van der Waals surface area (Å²) >= 11 is 0. The number of sulfonamides is 1. The molecule has 1 unspecified atom stereocenters. The van der Waals surface area contributed by atoms with Crippen LogP contribution in [0.25, 0.3) is 11.1 Å². The van der Waals surface area contributed by atoms with Gasteiger partial charge in [-0.2, -0.15) is 4.31 Å². The maximum atomic E-state index is 13.2. The van der Waals surface area contributed by atoms with Crippen molar-refractivity contribution in [2.75, 3.05) is 13.1 Å². The summed E-state index contributed by atoms with van der Waals surface area (Å²) < 4.78 is 28.0. The smallest absolute Gasteiger partial charge is 0.243 e. The van der Waals surface area contributed by atoms with Gasteiger partial charge in [0.25, 0.3) is 0 Å². The Hall–Kier alpha value is -2.18. The zero-order valence-electron chi connectivity index (χ0n) is 19.7. The fourth-order valence-corrected chi connectivity index (χ4v) is 9.18. The van der Waals surface area contributed by atoms with Crippen molar-refractivity contribution in [3.63, 3.8) is 0 Å². The zero-order chi connectivity index (χ0) is 23.3. The highest BCUT2D eigenvalue weighted by Crippen LogP contribution is 2.55. The van der Waals surface area contributed by atoms with Crippen molar-refractivity contribution < 1.29 is 13.2 Å². The molecule has 0 spiro atoms. The van der Waals surface area contributed by atoms with Gasteiger partial charge in [0, 0.05) is 25.0 Å². The monoisotopic (exact) mass is 478 g/mol. The SMILES string of the molecule is O=C(CC1CCN(S(=O)(=O)c2ccc(-c3ccccc3)cc2)C1)NC12CC3CC(CC(C3)C1)C2. The molecule has 1 amide bonds. The van der Waals surface area contributed by atoms with Gasteiger partial charge >= 0.3 is 0 Å². The average Bonchev–Trinajstić information content (AvgIpc) is 3.27. The molecule has 0 aromatic heterocycles. The molecule has 1 atom stereocenters. The summed E-state index contributed by atoms with van der Waals surface area (Å²) in [4.78, 5) is 13.3. The van der Waals surface area contributed by atoms with Crippen LogP contribution >= 0.6 is 0 Å². The van der Waals surface area contributed by atoms with E-state index in [0.717, 1.165) is 54.6 Å². The highest BCUT2D eigenvalue weighted by Gasteiger charge is 2.51. The summed E-state index contributed by atoms with van der Waals surface area (Å²) in [5.41, 5.74) is 2.09. The highest BCUT2D eigenvalue weighted by atomic mass is 32.2. The average molecular weight is 479 g/mol. The third-order valence-electron chi connectivity index (χ3n) is 8.76. The predicted molar refractivity (Wildman–Crippen MR) is 132 cm³/mol. The molecule has 0 radical (unpaired) electrons. The number of nitrogens with zero attached hydrogens (tertiary/aromatic N) is 1. The molecule has 1 aliphatic heterocycles. The van der Waals surface area contributed by atoms with Gasteiger partial charge in [-0.25, -0.2) is 8.42 Å². The fraction of sp³-hybridized carbons (Fsp3) is 0.536. The van der Waals surface area contributed by atoms with Gasteiger partial charge in [-0.15, -0.1) is 0 Å². The molecule has 4 bridgehead atoms. The van der Waals surface area contributed by atoms with Crippen molar-refractivity contribution in [3.8, 4) is 11.1 Å². The maximum Gasteiger partial charge on any atom is 0.243 e. The van der Waals surface area contributed by atoms with Gasteiger partial charge in [-0.1, -0.05) is 42.5 Å². The Kier molecular flexibility index (Phi) is 5.57. The fourth-order valence-electron chi connectivity index (χ4n) is 7.65. The van der Waals surface area contributed by atoms with Gasteiger partial charge in [0.2, 0.25) is 15.9 Å². The number of nitrogens with one attached hydrogen (secondary N) is 1. The lowest BCUT2D eigenvalue weighted by atomic mass is 9.53. The number of benzene rings is 2. The van der Waals surface area contributed by atoms with E-state index in [1.807, 2.05) is 42.5 Å². The third kappa shape index (κ3) is 4.20. The van der Waals surface area contributed by atoms with E-state index in [-0.39, 0.29) is 17.4 Å². The Bertz CT molecular complexity index is 1120. The Morgan fingerprint density at radius 2 is 1.47 bits per heavy atom. The molecule has 180 valence electrons. The van der Waals surface area contributed by atoms with E-state index in [4.69, 9.17) is 0 Å². The predicted octanol–water partition coefficient (Wildman–Crippen LogP) is 4.84. The second-order valence-electron chi connectivity index (χ2n) is 11.4. The highest BCUT2D eigenvalue weighted by molar-refractivity contribution is 7.89. The van der Waals surface area contributed by atoms with Crippen molar-refractivity contribution >= 4 is 15.9 Å². The van der Waals surface area contributed by atoms with Crippen molar-refractivity contribution in [3.05, 3.63) is 54.6 Å². The summed E-state index contributed by atoms with van der Waals surface area (Å²) in [5.74, 6) is 2.61. The Labute approximate surface area is 203 Å². The van der Waals surface area contributed by atoms with Crippen molar-refractivity contribution in [2.45, 2.75) is 61.8 Å². The number of carbonyl (C=O) groups excluding carboxylic acids is 1. The zero-order valence-corrected chi connectivity index (χ0v) is 20.5. The normalized spacial score (nSPS) is 32.7. The molecule has 5 fully saturated rings. The van der Waals surface area contributed by atoms with Crippen LogP contribution in [0.4, 0.5) is 0 Å². The van der Waals surface area contributed by atoms with Crippen LogP contribution in [-0.4, -0.2) is 37.3 Å². The Morgan fingerprint density at radius 1 is 0.882 bits per heavy atom. The minimum absolute atomic E-state index is 0.0245. The van der Waals surface area contributed by atoms with E-state index in [1.54, 1.807) is 16.4 Å². The first-order valence-corrected chi connectivity index (χ1v) is 14.3. The summed E-state index contributed by atoms with van der Waals surface area (Å²) in [6, 6.07) is 17.1. The van der Waals surface area contributed by atoms with Crippen molar-refractivity contribution in [2.24, 2.45) is 23.7 Å². The lowest BCUT2D eigenvalue weighted by molar-refractivity contribution is -0.127. The lowest BCUT2D eigenvalue weighted by Gasteiger charge is -2.57. The van der Waals surface area contributed by atoms with Crippen LogP contribution in [0.2, 0.25) is 0 Å². The molecule has 1 heterocycles. The van der Waals surface area contributed by atoms with Crippen molar-refractivity contribution in [1.82, 2.24) is 9.62 Å². The quantitative estimate of drug-likeness (QED) is 0.646. The molecular formula is C28H34N2O3S. The number of carbonyl (C=O) groups is 1. The van der Waals surface area contributed by atoms with E-state index >= 15 is 0 Å². The topological polar surface area (TPSA) is 66.5 Å². The molecule has 2 aromatic carbocycles. The van der Waals surface area contributed by atoms with E-state index < -0.39 is 10.0 Å². The molecule has 4 saturated carbocycles.